The topological polar surface area (TPSA) is 90.2 Å². The first-order valence-corrected chi connectivity index (χ1v) is 6.38. The highest BCUT2D eigenvalue weighted by atomic mass is 16.5. The predicted molar refractivity (Wildman–Crippen MR) is 64.9 cm³/mol. The molecule has 0 amide bonds. The predicted octanol–water partition coefficient (Wildman–Crippen LogP) is -0.882. The van der Waals surface area contributed by atoms with Crippen LogP contribution in [0.3, 0.4) is 0 Å². The van der Waals surface area contributed by atoms with E-state index in [1.807, 2.05) is 4.90 Å². The quantitative estimate of drug-likeness (QED) is 0.425. The maximum Gasteiger partial charge on any atom is 0.305 e. The summed E-state index contributed by atoms with van der Waals surface area (Å²) in [6, 6.07) is 0. The lowest BCUT2D eigenvalue weighted by Crippen LogP contribution is -2.55. The van der Waals surface area contributed by atoms with Gasteiger partial charge in [0.15, 0.2) is 0 Å². The maximum atomic E-state index is 10.9. The van der Waals surface area contributed by atoms with Crippen LogP contribution in [0.25, 0.3) is 0 Å². The Kier molecular flexibility index (Phi) is 6.56. The Morgan fingerprint density at radius 3 is 2.33 bits per heavy atom. The van der Waals surface area contributed by atoms with E-state index in [2.05, 4.69) is 4.74 Å². The first-order valence-electron chi connectivity index (χ1n) is 6.38. The second kappa shape index (κ2) is 7.68. The molecule has 1 unspecified atom stereocenters. The molecule has 0 aromatic carbocycles. The lowest BCUT2D eigenvalue weighted by molar-refractivity contribution is -0.140. The van der Waals surface area contributed by atoms with Crippen LogP contribution in [0.2, 0.25) is 0 Å². The Labute approximate surface area is 107 Å². The molecule has 0 bridgehead atoms. The second-order valence-corrected chi connectivity index (χ2v) is 4.77. The van der Waals surface area contributed by atoms with E-state index in [0.29, 0.717) is 19.5 Å². The normalized spacial score (nSPS) is 29.2. The first kappa shape index (κ1) is 15.4. The second-order valence-electron chi connectivity index (χ2n) is 4.77. The maximum absolute atomic E-state index is 10.9. The molecule has 0 aliphatic carbocycles. The third-order valence-corrected chi connectivity index (χ3v) is 3.26. The highest BCUT2D eigenvalue weighted by molar-refractivity contribution is 5.68. The van der Waals surface area contributed by atoms with E-state index in [1.54, 1.807) is 0 Å². The summed E-state index contributed by atoms with van der Waals surface area (Å²) in [5, 5.41) is 28.4. The van der Waals surface area contributed by atoms with E-state index < -0.39 is 18.3 Å². The zero-order valence-electron chi connectivity index (χ0n) is 10.8. The Bertz CT molecular complexity index is 249. The van der Waals surface area contributed by atoms with Gasteiger partial charge in [0.2, 0.25) is 0 Å². The molecule has 3 atom stereocenters. The lowest BCUT2D eigenvalue weighted by atomic mass is 10.0. The Hall–Kier alpha value is -0.690. The van der Waals surface area contributed by atoms with Gasteiger partial charge in [-0.3, -0.25) is 9.69 Å². The molecule has 0 saturated carbocycles. The summed E-state index contributed by atoms with van der Waals surface area (Å²) >= 11 is 0. The van der Waals surface area contributed by atoms with Gasteiger partial charge in [0.25, 0.3) is 0 Å². The molecule has 1 rings (SSSR count). The number of likely N-dealkylation sites (tertiary alicyclic amines) is 1. The molecule has 1 aliphatic heterocycles. The number of β-amino-alcohol motifs (C(OH)–C–C–N with tert-alkyl or cyclic N) is 2. The van der Waals surface area contributed by atoms with Gasteiger partial charge in [-0.2, -0.15) is 0 Å². The molecular weight excluding hydrogens is 238 g/mol. The van der Waals surface area contributed by atoms with Gasteiger partial charge in [0.1, 0.15) is 6.10 Å². The average Bonchev–Trinajstić information content (AvgIpc) is 2.35. The number of aliphatic hydroxyl groups is 3. The molecule has 0 radical (unpaired) electrons. The van der Waals surface area contributed by atoms with E-state index in [0.717, 1.165) is 25.8 Å². The number of ether oxygens (including phenoxy) is 1. The van der Waals surface area contributed by atoms with Crippen molar-refractivity contribution < 1.29 is 24.9 Å². The molecule has 6 nitrogen and oxygen atoms in total. The summed E-state index contributed by atoms with van der Waals surface area (Å²) in [6.07, 6.45) is 0.204. The average molecular weight is 261 g/mol. The van der Waals surface area contributed by atoms with Crippen LogP contribution >= 0.6 is 0 Å². The molecule has 18 heavy (non-hydrogen) atoms. The summed E-state index contributed by atoms with van der Waals surface area (Å²) in [7, 11) is 1.38. The summed E-state index contributed by atoms with van der Waals surface area (Å²) in [6.45, 7) is 1.52. The van der Waals surface area contributed by atoms with Crippen LogP contribution < -0.4 is 0 Å². The highest BCUT2D eigenvalue weighted by Crippen LogP contribution is 2.13. The van der Waals surface area contributed by atoms with Crippen LogP contribution in [0.15, 0.2) is 0 Å². The van der Waals surface area contributed by atoms with E-state index in [4.69, 9.17) is 0 Å². The Morgan fingerprint density at radius 2 is 1.78 bits per heavy atom. The molecule has 0 aromatic heterocycles. The fourth-order valence-electron chi connectivity index (χ4n) is 2.14. The number of rotatable bonds is 6. The number of piperidine rings is 1. The SMILES string of the molecule is COC(=O)CCCCCN1C[C@@H](O)C(O)[C@@H](O)C1. The number of esters is 1. The molecule has 1 heterocycles. The van der Waals surface area contributed by atoms with E-state index in [-0.39, 0.29) is 5.97 Å². The van der Waals surface area contributed by atoms with Crippen molar-refractivity contribution in [1.82, 2.24) is 4.90 Å². The Balaban J connectivity index is 2.11. The van der Waals surface area contributed by atoms with Crippen molar-refractivity contribution in [2.75, 3.05) is 26.7 Å². The van der Waals surface area contributed by atoms with Crippen molar-refractivity contribution >= 4 is 5.97 Å². The van der Waals surface area contributed by atoms with Crippen molar-refractivity contribution in [3.05, 3.63) is 0 Å². The molecule has 1 saturated heterocycles. The van der Waals surface area contributed by atoms with Gasteiger partial charge in [-0.15, -0.1) is 0 Å². The summed E-state index contributed by atoms with van der Waals surface area (Å²) in [5.41, 5.74) is 0. The number of unbranched alkanes of at least 4 members (excludes halogenated alkanes) is 2. The van der Waals surface area contributed by atoms with Crippen LogP contribution in [0, 0.1) is 0 Å². The molecular formula is C12H23NO5. The van der Waals surface area contributed by atoms with Crippen molar-refractivity contribution in [2.45, 2.75) is 44.0 Å². The van der Waals surface area contributed by atoms with Crippen LogP contribution in [-0.2, 0) is 9.53 Å². The van der Waals surface area contributed by atoms with Gasteiger partial charge in [-0.05, 0) is 19.4 Å². The number of hydrogen-bond donors (Lipinski definition) is 3. The van der Waals surface area contributed by atoms with Crippen molar-refractivity contribution in [3.8, 4) is 0 Å². The van der Waals surface area contributed by atoms with E-state index >= 15 is 0 Å². The van der Waals surface area contributed by atoms with Gasteiger partial charge in [0.05, 0.1) is 19.3 Å². The number of nitrogens with zero attached hydrogens (tertiary/aromatic N) is 1. The molecule has 3 N–H and O–H groups in total. The van der Waals surface area contributed by atoms with Gasteiger partial charge in [0, 0.05) is 19.5 Å². The van der Waals surface area contributed by atoms with E-state index in [9.17, 15) is 20.1 Å². The minimum atomic E-state index is -1.04. The summed E-state index contributed by atoms with van der Waals surface area (Å²) in [5.74, 6) is -0.193. The number of methoxy groups -OCH3 is 1. The zero-order chi connectivity index (χ0) is 13.5. The highest BCUT2D eigenvalue weighted by Gasteiger charge is 2.32. The van der Waals surface area contributed by atoms with Crippen LogP contribution in [0.1, 0.15) is 25.7 Å². The zero-order valence-corrected chi connectivity index (χ0v) is 10.8. The van der Waals surface area contributed by atoms with E-state index in [1.165, 1.54) is 7.11 Å². The molecule has 1 fully saturated rings. The Morgan fingerprint density at radius 1 is 1.17 bits per heavy atom. The van der Waals surface area contributed by atoms with Gasteiger partial charge in [-0.1, -0.05) is 6.42 Å². The summed E-state index contributed by atoms with van der Waals surface area (Å²) in [4.78, 5) is 12.8. The van der Waals surface area contributed by atoms with Gasteiger partial charge < -0.3 is 20.1 Å². The minimum absolute atomic E-state index is 0.193. The van der Waals surface area contributed by atoms with Crippen molar-refractivity contribution in [1.29, 1.82) is 0 Å². The molecule has 0 aromatic rings. The summed E-state index contributed by atoms with van der Waals surface area (Å²) < 4.78 is 4.54. The number of carbonyl (C=O) groups excluding carboxylic acids is 1. The third kappa shape index (κ3) is 4.89. The van der Waals surface area contributed by atoms with Gasteiger partial charge in [-0.25, -0.2) is 0 Å². The number of carbonyl (C=O) groups is 1. The first-order chi connectivity index (χ1) is 8.54. The molecule has 0 spiro atoms. The fraction of sp³-hybridized carbons (Fsp3) is 0.917. The number of hydrogen-bond acceptors (Lipinski definition) is 6. The standard InChI is InChI=1S/C12H23NO5/c1-18-11(16)5-3-2-4-6-13-7-9(14)12(17)10(15)8-13/h9-10,12,14-15,17H,2-8H2,1H3/t9-,10+,12?. The monoisotopic (exact) mass is 261 g/mol. The van der Waals surface area contributed by atoms with Crippen molar-refractivity contribution in [3.63, 3.8) is 0 Å². The molecule has 6 heteroatoms. The molecule has 1 aliphatic rings. The van der Waals surface area contributed by atoms with Crippen LogP contribution in [0.4, 0.5) is 0 Å². The van der Waals surface area contributed by atoms with Crippen molar-refractivity contribution in [2.24, 2.45) is 0 Å². The van der Waals surface area contributed by atoms with Crippen LogP contribution in [0.5, 0.6) is 0 Å². The smallest absolute Gasteiger partial charge is 0.305 e. The minimum Gasteiger partial charge on any atom is -0.469 e. The largest absolute Gasteiger partial charge is 0.469 e. The molecule has 106 valence electrons. The van der Waals surface area contributed by atoms with Gasteiger partial charge >= 0.3 is 5.97 Å². The third-order valence-electron chi connectivity index (χ3n) is 3.26. The number of aliphatic hydroxyl groups excluding tert-OH is 3. The fourth-order valence-corrected chi connectivity index (χ4v) is 2.14. The van der Waals surface area contributed by atoms with Crippen LogP contribution in [-0.4, -0.2) is 71.2 Å². The lowest BCUT2D eigenvalue weighted by Gasteiger charge is -2.36.